The summed E-state index contributed by atoms with van der Waals surface area (Å²) in [5.41, 5.74) is 5.82. The minimum atomic E-state index is -1.07. The molecule has 0 radical (unpaired) electrons. The number of nitrogens with one attached hydrogen (secondary N) is 1. The Kier molecular flexibility index (Phi) is 6.70. The number of nitrogens with two attached hydrogens (primary N) is 1. The van der Waals surface area contributed by atoms with Gasteiger partial charge < -0.3 is 20.4 Å². The number of anilines is 1. The van der Waals surface area contributed by atoms with Crippen molar-refractivity contribution in [3.63, 3.8) is 0 Å². The highest BCUT2D eigenvalue weighted by Crippen LogP contribution is 2.50. The second-order valence-corrected chi connectivity index (χ2v) is 7.64. The first kappa shape index (κ1) is 22.1. The van der Waals surface area contributed by atoms with E-state index in [1.165, 1.54) is 0 Å². The highest BCUT2D eigenvalue weighted by Gasteiger charge is 2.62. The number of pyridine rings is 1. The van der Waals surface area contributed by atoms with Gasteiger partial charge in [0.05, 0.1) is 12.6 Å². The van der Waals surface area contributed by atoms with Crippen LogP contribution in [0.4, 0.5) is 5.69 Å². The van der Waals surface area contributed by atoms with Crippen molar-refractivity contribution in [2.24, 2.45) is 11.1 Å². The molecule has 3 N–H and O–H groups in total. The second-order valence-electron chi connectivity index (χ2n) is 7.64. The molecule has 3 rings (SSSR count). The van der Waals surface area contributed by atoms with Gasteiger partial charge in [0, 0.05) is 24.6 Å². The number of ether oxygens (including phenoxy) is 1. The fraction of sp³-hybridized carbons (Fsp3) is 0.429. The number of aromatic nitrogens is 1. The van der Waals surface area contributed by atoms with Crippen LogP contribution in [0.15, 0.2) is 53.5 Å². The molecule has 1 aliphatic rings. The van der Waals surface area contributed by atoms with Gasteiger partial charge in [-0.2, -0.15) is 0 Å². The molecule has 2 aromatic rings. The third-order valence-corrected chi connectivity index (χ3v) is 5.70. The maximum Gasteiger partial charge on any atom is 0.274 e. The van der Waals surface area contributed by atoms with E-state index in [1.807, 2.05) is 51.1 Å². The zero-order valence-corrected chi connectivity index (χ0v) is 17.3. The third kappa shape index (κ3) is 3.85. The summed E-state index contributed by atoms with van der Waals surface area (Å²) in [5, 5.41) is 2.74. The SMILES string of the molecule is CCOC1CC(N)(C(=O)Nc2cccn(Cc3ccccc3)c2=O)C1(C)C.Cl. The lowest BCUT2D eigenvalue weighted by Gasteiger charge is -2.57. The summed E-state index contributed by atoms with van der Waals surface area (Å²) in [4.78, 5) is 25.6. The topological polar surface area (TPSA) is 86.3 Å². The quantitative estimate of drug-likeness (QED) is 0.773. The minimum absolute atomic E-state index is 0. The molecule has 2 unspecified atom stereocenters. The van der Waals surface area contributed by atoms with Crippen LogP contribution in [0.2, 0.25) is 0 Å². The van der Waals surface area contributed by atoms with E-state index in [0.717, 1.165) is 5.56 Å². The van der Waals surface area contributed by atoms with E-state index >= 15 is 0 Å². The smallest absolute Gasteiger partial charge is 0.274 e. The fourth-order valence-corrected chi connectivity index (χ4v) is 3.59. The largest absolute Gasteiger partial charge is 0.378 e. The molecule has 152 valence electrons. The van der Waals surface area contributed by atoms with Crippen molar-refractivity contribution in [1.29, 1.82) is 0 Å². The molecule has 1 amide bonds. The van der Waals surface area contributed by atoms with Gasteiger partial charge in [-0.25, -0.2) is 0 Å². The summed E-state index contributed by atoms with van der Waals surface area (Å²) in [6.07, 6.45) is 2.08. The fourth-order valence-electron chi connectivity index (χ4n) is 3.59. The van der Waals surface area contributed by atoms with E-state index < -0.39 is 11.0 Å². The highest BCUT2D eigenvalue weighted by molar-refractivity contribution is 5.99. The molecule has 0 aliphatic heterocycles. The molecule has 1 heterocycles. The Morgan fingerprint density at radius 1 is 1.25 bits per heavy atom. The first-order chi connectivity index (χ1) is 12.8. The van der Waals surface area contributed by atoms with E-state index in [0.29, 0.717) is 19.6 Å². The van der Waals surface area contributed by atoms with E-state index in [1.54, 1.807) is 22.9 Å². The molecular weight excluding hydrogens is 378 g/mol. The molecule has 1 saturated carbocycles. The van der Waals surface area contributed by atoms with Crippen LogP contribution in [-0.4, -0.2) is 28.7 Å². The summed E-state index contributed by atoms with van der Waals surface area (Å²) < 4.78 is 7.24. The molecule has 0 spiro atoms. The van der Waals surface area contributed by atoms with Crippen LogP contribution >= 0.6 is 12.4 Å². The molecule has 6 nitrogen and oxygen atoms in total. The van der Waals surface area contributed by atoms with Gasteiger partial charge in [-0.05, 0) is 24.6 Å². The number of benzene rings is 1. The summed E-state index contributed by atoms with van der Waals surface area (Å²) in [6.45, 7) is 6.79. The second kappa shape index (κ2) is 8.47. The standard InChI is InChI=1S/C21H27N3O3.ClH/c1-4-27-17-13-21(22,20(17,2)3)19(26)23-16-11-8-12-24(18(16)25)14-15-9-6-5-7-10-15;/h5-12,17H,4,13-14,22H2,1-3H3,(H,23,26);1H. The summed E-state index contributed by atoms with van der Waals surface area (Å²) in [5.74, 6) is -0.349. The summed E-state index contributed by atoms with van der Waals surface area (Å²) in [6, 6.07) is 13.1. The van der Waals surface area contributed by atoms with Crippen molar-refractivity contribution >= 4 is 24.0 Å². The van der Waals surface area contributed by atoms with Gasteiger partial charge in [-0.3, -0.25) is 9.59 Å². The number of halogens is 1. The van der Waals surface area contributed by atoms with E-state index in [4.69, 9.17) is 10.5 Å². The van der Waals surface area contributed by atoms with E-state index in [2.05, 4.69) is 5.32 Å². The first-order valence-corrected chi connectivity index (χ1v) is 9.25. The van der Waals surface area contributed by atoms with Crippen LogP contribution in [0, 0.1) is 5.41 Å². The van der Waals surface area contributed by atoms with Gasteiger partial charge in [0.1, 0.15) is 11.2 Å². The molecule has 2 atom stereocenters. The van der Waals surface area contributed by atoms with Crippen LogP contribution in [0.5, 0.6) is 0 Å². The maximum atomic E-state index is 12.9. The number of hydrogen-bond donors (Lipinski definition) is 2. The zero-order chi connectivity index (χ0) is 19.7. The predicted octanol–water partition coefficient (Wildman–Crippen LogP) is 2.79. The molecule has 1 fully saturated rings. The lowest BCUT2D eigenvalue weighted by molar-refractivity contribution is -0.166. The maximum absolute atomic E-state index is 12.9. The van der Waals surface area contributed by atoms with Crippen LogP contribution < -0.4 is 16.6 Å². The van der Waals surface area contributed by atoms with Crippen LogP contribution in [0.1, 0.15) is 32.8 Å². The monoisotopic (exact) mass is 405 g/mol. The Hall–Kier alpha value is -2.15. The molecule has 28 heavy (non-hydrogen) atoms. The van der Waals surface area contributed by atoms with Crippen LogP contribution in [0.3, 0.4) is 0 Å². The van der Waals surface area contributed by atoms with Crippen molar-refractivity contribution in [2.45, 2.75) is 45.4 Å². The number of rotatable bonds is 6. The van der Waals surface area contributed by atoms with Gasteiger partial charge in [-0.1, -0.05) is 44.2 Å². The van der Waals surface area contributed by atoms with Crippen LogP contribution in [0.25, 0.3) is 0 Å². The van der Waals surface area contributed by atoms with Crippen molar-refractivity contribution in [3.05, 3.63) is 64.6 Å². The lowest BCUT2D eigenvalue weighted by Crippen LogP contribution is -2.74. The van der Waals surface area contributed by atoms with Gasteiger partial charge in [0.2, 0.25) is 5.91 Å². The van der Waals surface area contributed by atoms with Gasteiger partial charge in [-0.15, -0.1) is 12.4 Å². The zero-order valence-electron chi connectivity index (χ0n) is 16.5. The Labute approximate surface area is 171 Å². The summed E-state index contributed by atoms with van der Waals surface area (Å²) >= 11 is 0. The molecule has 0 saturated heterocycles. The number of carbonyl (C=O) groups is 1. The molecular formula is C21H28ClN3O3. The summed E-state index contributed by atoms with van der Waals surface area (Å²) in [7, 11) is 0. The van der Waals surface area contributed by atoms with E-state index in [9.17, 15) is 9.59 Å². The van der Waals surface area contributed by atoms with E-state index in [-0.39, 0.29) is 35.7 Å². The van der Waals surface area contributed by atoms with Crippen molar-refractivity contribution < 1.29 is 9.53 Å². The predicted molar refractivity (Wildman–Crippen MR) is 113 cm³/mol. The van der Waals surface area contributed by atoms with Crippen molar-refractivity contribution in [1.82, 2.24) is 4.57 Å². The average molecular weight is 406 g/mol. The molecule has 0 bridgehead atoms. The Morgan fingerprint density at radius 2 is 1.93 bits per heavy atom. The normalized spacial score (nSPS) is 22.6. The number of hydrogen-bond acceptors (Lipinski definition) is 4. The first-order valence-electron chi connectivity index (χ1n) is 9.25. The number of carbonyl (C=O) groups excluding carboxylic acids is 1. The molecule has 1 aromatic carbocycles. The average Bonchev–Trinajstić information content (AvgIpc) is 2.65. The van der Waals surface area contributed by atoms with Gasteiger partial charge in [0.25, 0.3) is 5.56 Å². The Bertz CT molecular complexity index is 882. The number of nitrogens with zero attached hydrogens (tertiary/aromatic N) is 1. The molecule has 1 aromatic heterocycles. The minimum Gasteiger partial charge on any atom is -0.378 e. The molecule has 1 aliphatic carbocycles. The van der Waals surface area contributed by atoms with Crippen molar-refractivity contribution in [2.75, 3.05) is 11.9 Å². The third-order valence-electron chi connectivity index (χ3n) is 5.70. The lowest BCUT2D eigenvalue weighted by atomic mass is 9.54. The van der Waals surface area contributed by atoms with Gasteiger partial charge in [0.15, 0.2) is 0 Å². The Balaban J connectivity index is 0.00000280. The highest BCUT2D eigenvalue weighted by atomic mass is 35.5. The number of amides is 1. The Morgan fingerprint density at radius 3 is 2.54 bits per heavy atom. The molecule has 7 heteroatoms. The van der Waals surface area contributed by atoms with Gasteiger partial charge >= 0.3 is 0 Å². The van der Waals surface area contributed by atoms with Crippen molar-refractivity contribution in [3.8, 4) is 0 Å². The van der Waals surface area contributed by atoms with Crippen LogP contribution in [-0.2, 0) is 16.1 Å².